The van der Waals surface area contributed by atoms with E-state index in [1.54, 1.807) is 0 Å². The van der Waals surface area contributed by atoms with Crippen molar-refractivity contribution in [3.8, 4) is 0 Å². The highest BCUT2D eigenvalue weighted by Crippen LogP contribution is 2.07. The van der Waals surface area contributed by atoms with Crippen LogP contribution in [0.1, 0.15) is 41.0 Å². The normalized spacial score (nSPS) is 15.6. The van der Waals surface area contributed by atoms with Gasteiger partial charge in [0.15, 0.2) is 0 Å². The van der Waals surface area contributed by atoms with Crippen LogP contribution >= 0.6 is 0 Å². The Morgan fingerprint density at radius 1 is 1.47 bits per heavy atom. The van der Waals surface area contributed by atoms with Crippen molar-refractivity contribution >= 4 is 6.09 Å². The maximum absolute atomic E-state index is 11.3. The zero-order chi connectivity index (χ0) is 12.1. The summed E-state index contributed by atoms with van der Waals surface area (Å²) < 4.78 is 5.10. The Kier molecular flexibility index (Phi) is 5.65. The second-order valence-corrected chi connectivity index (χ2v) is 4.93. The van der Waals surface area contributed by atoms with Gasteiger partial charge in [0.25, 0.3) is 0 Å². The first-order chi connectivity index (χ1) is 6.76. The lowest BCUT2D eigenvalue weighted by Gasteiger charge is -2.22. The first kappa shape index (κ1) is 14.2. The molecule has 4 nitrogen and oxygen atoms in total. The van der Waals surface area contributed by atoms with Crippen LogP contribution < -0.4 is 11.1 Å². The van der Waals surface area contributed by atoms with Gasteiger partial charge in [0, 0.05) is 12.6 Å². The van der Waals surface area contributed by atoms with Gasteiger partial charge in [-0.1, -0.05) is 20.3 Å². The van der Waals surface area contributed by atoms with Crippen molar-refractivity contribution < 1.29 is 9.53 Å². The Balaban J connectivity index is 3.81. The molecule has 0 bridgehead atoms. The maximum atomic E-state index is 11.3. The van der Waals surface area contributed by atoms with E-state index >= 15 is 0 Å². The molecule has 0 fully saturated rings. The van der Waals surface area contributed by atoms with E-state index < -0.39 is 11.7 Å². The fourth-order valence-corrected chi connectivity index (χ4v) is 1.02. The summed E-state index contributed by atoms with van der Waals surface area (Å²) in [5, 5.41) is 2.67. The molecule has 1 unspecified atom stereocenters. The third kappa shape index (κ3) is 7.19. The van der Waals surface area contributed by atoms with Gasteiger partial charge in [0.05, 0.1) is 0 Å². The predicted octanol–water partition coefficient (Wildman–Crippen LogP) is 1.88. The zero-order valence-electron chi connectivity index (χ0n) is 10.5. The molecule has 0 aromatic heterocycles. The van der Waals surface area contributed by atoms with Crippen LogP contribution in [0.4, 0.5) is 4.79 Å². The Bertz CT molecular complexity index is 199. The largest absolute Gasteiger partial charge is 0.444 e. The molecule has 0 heterocycles. The molecule has 0 saturated carbocycles. The molecule has 15 heavy (non-hydrogen) atoms. The molecule has 0 aliphatic rings. The third-order valence-electron chi connectivity index (χ3n) is 2.26. The molecule has 1 amide bonds. The quantitative estimate of drug-likeness (QED) is 0.754. The summed E-state index contributed by atoms with van der Waals surface area (Å²) in [6, 6.07) is -0.0116. The lowest BCUT2D eigenvalue weighted by molar-refractivity contribution is 0.0521. The summed E-state index contributed by atoms with van der Waals surface area (Å²) in [5.74, 6) is 0.403. The molecule has 4 heteroatoms. The number of ether oxygens (including phenoxy) is 1. The molecule has 0 aliphatic carbocycles. The lowest BCUT2D eigenvalue weighted by atomic mass is 10.0. The Morgan fingerprint density at radius 3 is 2.40 bits per heavy atom. The van der Waals surface area contributed by atoms with Crippen molar-refractivity contribution in [2.45, 2.75) is 52.7 Å². The minimum atomic E-state index is -0.454. The van der Waals surface area contributed by atoms with Gasteiger partial charge in [-0.05, 0) is 26.7 Å². The highest BCUT2D eigenvalue weighted by atomic mass is 16.6. The van der Waals surface area contributed by atoms with Gasteiger partial charge in [-0.2, -0.15) is 0 Å². The average Bonchev–Trinajstić information content (AvgIpc) is 2.10. The van der Waals surface area contributed by atoms with E-state index in [4.69, 9.17) is 10.5 Å². The second-order valence-electron chi connectivity index (χ2n) is 4.93. The predicted molar refractivity (Wildman–Crippen MR) is 61.7 cm³/mol. The maximum Gasteiger partial charge on any atom is 0.407 e. The first-order valence-corrected chi connectivity index (χ1v) is 5.48. The lowest BCUT2D eigenvalue weighted by Crippen LogP contribution is -2.42. The molecule has 0 spiro atoms. The first-order valence-electron chi connectivity index (χ1n) is 5.48. The van der Waals surface area contributed by atoms with Crippen LogP contribution in [0.3, 0.4) is 0 Å². The number of carbonyl (C=O) groups excluding carboxylic acids is 1. The summed E-state index contributed by atoms with van der Waals surface area (Å²) in [6.07, 6.45) is 0.609. The van der Waals surface area contributed by atoms with Crippen molar-refractivity contribution in [2.75, 3.05) is 6.54 Å². The van der Waals surface area contributed by atoms with E-state index in [1.807, 2.05) is 20.8 Å². The Morgan fingerprint density at radius 2 is 2.00 bits per heavy atom. The van der Waals surface area contributed by atoms with Gasteiger partial charge in [-0.3, -0.25) is 0 Å². The number of carbonyl (C=O) groups is 1. The van der Waals surface area contributed by atoms with Gasteiger partial charge >= 0.3 is 6.09 Å². The van der Waals surface area contributed by atoms with Crippen LogP contribution in [0.25, 0.3) is 0 Å². The SMILES string of the molecule is CCC(C)[C@@H](N)CNC(=O)OC(C)(C)C. The highest BCUT2D eigenvalue weighted by molar-refractivity contribution is 5.67. The molecule has 0 aliphatic heterocycles. The monoisotopic (exact) mass is 216 g/mol. The summed E-state index contributed by atoms with van der Waals surface area (Å²) in [5.41, 5.74) is 5.42. The highest BCUT2D eigenvalue weighted by Gasteiger charge is 2.17. The van der Waals surface area contributed by atoms with Gasteiger partial charge < -0.3 is 15.8 Å². The molecule has 3 N–H and O–H groups in total. The number of hydrogen-bond donors (Lipinski definition) is 2. The zero-order valence-corrected chi connectivity index (χ0v) is 10.5. The molecular formula is C11H24N2O2. The fraction of sp³-hybridized carbons (Fsp3) is 0.909. The van der Waals surface area contributed by atoms with Crippen LogP contribution in [0, 0.1) is 5.92 Å². The molecule has 0 rings (SSSR count). The standard InChI is InChI=1S/C11H24N2O2/c1-6-8(2)9(12)7-13-10(14)15-11(3,4)5/h8-9H,6-7,12H2,1-5H3,(H,13,14)/t8?,9-/m0/s1. The molecule has 0 aromatic rings. The summed E-state index contributed by atoms with van der Waals surface area (Å²) >= 11 is 0. The van der Waals surface area contributed by atoms with Crippen LogP contribution in [0.2, 0.25) is 0 Å². The van der Waals surface area contributed by atoms with Gasteiger partial charge in [-0.15, -0.1) is 0 Å². The van der Waals surface area contributed by atoms with E-state index in [9.17, 15) is 4.79 Å². The second kappa shape index (κ2) is 5.95. The van der Waals surface area contributed by atoms with Crippen LogP contribution in [-0.4, -0.2) is 24.3 Å². The van der Waals surface area contributed by atoms with Crippen molar-refractivity contribution in [3.63, 3.8) is 0 Å². The number of hydrogen-bond acceptors (Lipinski definition) is 3. The number of nitrogens with one attached hydrogen (secondary N) is 1. The molecule has 0 aromatic carbocycles. The topological polar surface area (TPSA) is 64.3 Å². The number of amides is 1. The van der Waals surface area contributed by atoms with Crippen LogP contribution in [-0.2, 0) is 4.74 Å². The minimum absolute atomic E-state index is 0.0116. The number of alkyl carbamates (subject to hydrolysis) is 1. The molecule has 90 valence electrons. The summed E-state index contributed by atoms with van der Waals surface area (Å²) in [6.45, 7) is 10.1. The molecule has 0 radical (unpaired) electrons. The van der Waals surface area contributed by atoms with Crippen LogP contribution in [0.5, 0.6) is 0 Å². The minimum Gasteiger partial charge on any atom is -0.444 e. The third-order valence-corrected chi connectivity index (χ3v) is 2.26. The van der Waals surface area contributed by atoms with E-state index in [1.165, 1.54) is 0 Å². The van der Waals surface area contributed by atoms with E-state index in [-0.39, 0.29) is 6.04 Å². The average molecular weight is 216 g/mol. The Labute approximate surface area is 92.6 Å². The van der Waals surface area contributed by atoms with Crippen molar-refractivity contribution in [1.29, 1.82) is 0 Å². The fourth-order valence-electron chi connectivity index (χ4n) is 1.02. The smallest absolute Gasteiger partial charge is 0.407 e. The van der Waals surface area contributed by atoms with Crippen molar-refractivity contribution in [2.24, 2.45) is 11.7 Å². The Hall–Kier alpha value is -0.770. The van der Waals surface area contributed by atoms with Crippen LogP contribution in [0.15, 0.2) is 0 Å². The number of rotatable bonds is 4. The van der Waals surface area contributed by atoms with E-state index in [0.29, 0.717) is 12.5 Å². The molecule has 0 saturated heterocycles. The van der Waals surface area contributed by atoms with Gasteiger partial charge in [0.1, 0.15) is 5.60 Å². The van der Waals surface area contributed by atoms with Crippen molar-refractivity contribution in [1.82, 2.24) is 5.32 Å². The van der Waals surface area contributed by atoms with E-state index in [0.717, 1.165) is 6.42 Å². The summed E-state index contributed by atoms with van der Waals surface area (Å²) in [4.78, 5) is 11.3. The number of nitrogens with two attached hydrogens (primary N) is 1. The molecular weight excluding hydrogens is 192 g/mol. The molecule has 2 atom stereocenters. The van der Waals surface area contributed by atoms with E-state index in [2.05, 4.69) is 19.2 Å². The van der Waals surface area contributed by atoms with Gasteiger partial charge in [0.2, 0.25) is 0 Å². The summed E-state index contributed by atoms with van der Waals surface area (Å²) in [7, 11) is 0. The van der Waals surface area contributed by atoms with Crippen molar-refractivity contribution in [3.05, 3.63) is 0 Å². The van der Waals surface area contributed by atoms with Gasteiger partial charge in [-0.25, -0.2) is 4.79 Å².